The third kappa shape index (κ3) is 2.22. The number of methoxy groups -OCH3 is 1. The van der Waals surface area contributed by atoms with Crippen LogP contribution in [0.15, 0.2) is 34.7 Å². The van der Waals surface area contributed by atoms with Crippen molar-refractivity contribution in [3.05, 3.63) is 35.8 Å². The molecule has 1 saturated carbocycles. The Balaban J connectivity index is 1.70. The minimum atomic E-state index is -0.613. The van der Waals surface area contributed by atoms with Gasteiger partial charge in [-0.3, -0.25) is 9.59 Å². The second-order valence-corrected chi connectivity index (χ2v) is 7.33. The molecule has 5 atom stereocenters. The van der Waals surface area contributed by atoms with Gasteiger partial charge in [-0.15, -0.1) is 0 Å². The van der Waals surface area contributed by atoms with Gasteiger partial charge in [0.2, 0.25) is 0 Å². The first-order chi connectivity index (χ1) is 11.5. The molecule has 1 aliphatic heterocycles. The van der Waals surface area contributed by atoms with Gasteiger partial charge in [0.25, 0.3) is 0 Å². The summed E-state index contributed by atoms with van der Waals surface area (Å²) in [5, 5.41) is 0. The zero-order valence-corrected chi connectivity index (χ0v) is 14.0. The van der Waals surface area contributed by atoms with Gasteiger partial charge in [-0.1, -0.05) is 13.0 Å². The number of hydrogen-bond acceptors (Lipinski definition) is 5. The van der Waals surface area contributed by atoms with Crippen molar-refractivity contribution < 1.29 is 23.5 Å². The number of carbonyl (C=O) groups is 2. The smallest absolute Gasteiger partial charge is 0.166 e. The van der Waals surface area contributed by atoms with Crippen molar-refractivity contribution in [3.8, 4) is 0 Å². The van der Waals surface area contributed by atoms with Gasteiger partial charge in [0, 0.05) is 30.4 Å². The van der Waals surface area contributed by atoms with Gasteiger partial charge in [-0.25, -0.2) is 0 Å². The number of furan rings is 1. The second kappa shape index (κ2) is 5.67. The van der Waals surface area contributed by atoms with Crippen molar-refractivity contribution in [2.45, 2.75) is 38.4 Å². The summed E-state index contributed by atoms with van der Waals surface area (Å²) in [5.74, 6) is -0.0718. The minimum absolute atomic E-state index is 0.0341. The highest BCUT2D eigenvalue weighted by molar-refractivity contribution is 6.02. The van der Waals surface area contributed by atoms with E-state index in [2.05, 4.69) is 6.08 Å². The third-order valence-corrected chi connectivity index (χ3v) is 6.10. The normalized spacial score (nSPS) is 39.2. The average molecular weight is 330 g/mol. The Morgan fingerprint density at radius 3 is 2.88 bits per heavy atom. The summed E-state index contributed by atoms with van der Waals surface area (Å²) in [5.41, 5.74) is 1.52. The van der Waals surface area contributed by atoms with Crippen molar-refractivity contribution in [2.24, 2.45) is 17.3 Å². The van der Waals surface area contributed by atoms with E-state index in [-0.39, 0.29) is 35.9 Å². The molecular formula is C19H22O5. The predicted octanol–water partition coefficient (Wildman–Crippen LogP) is 2.87. The molecule has 0 bridgehead atoms. The van der Waals surface area contributed by atoms with E-state index in [0.717, 1.165) is 11.1 Å². The molecule has 1 aromatic heterocycles. The molecule has 0 spiro atoms. The minimum Gasteiger partial charge on any atom is -0.472 e. The van der Waals surface area contributed by atoms with E-state index in [4.69, 9.17) is 13.9 Å². The number of allylic oxidation sites excluding steroid dienone is 1. The Hall–Kier alpha value is -1.72. The maximum atomic E-state index is 13.0. The summed E-state index contributed by atoms with van der Waals surface area (Å²) < 4.78 is 16.4. The molecule has 128 valence electrons. The van der Waals surface area contributed by atoms with Crippen molar-refractivity contribution in [1.29, 1.82) is 0 Å². The van der Waals surface area contributed by atoms with Crippen LogP contribution in [0.5, 0.6) is 0 Å². The molecule has 2 aliphatic carbocycles. The maximum absolute atomic E-state index is 13.0. The predicted molar refractivity (Wildman–Crippen MR) is 85.2 cm³/mol. The van der Waals surface area contributed by atoms with E-state index >= 15 is 0 Å². The Morgan fingerprint density at radius 2 is 2.17 bits per heavy atom. The Morgan fingerprint density at radius 1 is 1.33 bits per heavy atom. The fourth-order valence-electron chi connectivity index (χ4n) is 4.62. The molecule has 4 rings (SSSR count). The molecule has 5 heteroatoms. The van der Waals surface area contributed by atoms with Gasteiger partial charge in [0.05, 0.1) is 25.2 Å². The van der Waals surface area contributed by atoms with Crippen LogP contribution in [0, 0.1) is 17.3 Å². The van der Waals surface area contributed by atoms with Crippen molar-refractivity contribution in [3.63, 3.8) is 0 Å². The van der Waals surface area contributed by atoms with Crippen LogP contribution in [0.4, 0.5) is 0 Å². The number of hydrogen-bond donors (Lipinski definition) is 0. The number of ketones is 2. The van der Waals surface area contributed by atoms with Crippen LogP contribution < -0.4 is 0 Å². The summed E-state index contributed by atoms with van der Waals surface area (Å²) in [7, 11) is 1.51. The topological polar surface area (TPSA) is 65.7 Å². The lowest BCUT2D eigenvalue weighted by molar-refractivity contribution is -0.160. The maximum Gasteiger partial charge on any atom is 0.166 e. The van der Waals surface area contributed by atoms with Gasteiger partial charge in [0.15, 0.2) is 5.78 Å². The molecule has 0 amide bonds. The van der Waals surface area contributed by atoms with Crippen LogP contribution in [-0.2, 0) is 19.1 Å². The molecule has 0 N–H and O–H groups in total. The van der Waals surface area contributed by atoms with Gasteiger partial charge in [0.1, 0.15) is 11.9 Å². The van der Waals surface area contributed by atoms with E-state index in [1.165, 1.54) is 7.11 Å². The van der Waals surface area contributed by atoms with Gasteiger partial charge in [-0.05, 0) is 30.4 Å². The monoisotopic (exact) mass is 330 g/mol. The Kier molecular flexibility index (Phi) is 3.73. The molecule has 24 heavy (non-hydrogen) atoms. The first kappa shape index (κ1) is 15.8. The van der Waals surface area contributed by atoms with Crippen LogP contribution >= 0.6 is 0 Å². The van der Waals surface area contributed by atoms with Crippen LogP contribution in [0.1, 0.15) is 37.9 Å². The average Bonchev–Trinajstić information content (AvgIpc) is 3.12. The summed E-state index contributed by atoms with van der Waals surface area (Å²) in [4.78, 5) is 25.8. The van der Waals surface area contributed by atoms with Crippen molar-refractivity contribution in [2.75, 3.05) is 13.7 Å². The summed E-state index contributed by atoms with van der Waals surface area (Å²) >= 11 is 0. The lowest BCUT2D eigenvalue weighted by atomic mass is 9.54. The van der Waals surface area contributed by atoms with Crippen LogP contribution in [0.3, 0.4) is 0 Å². The second-order valence-electron chi connectivity index (χ2n) is 7.33. The quantitative estimate of drug-likeness (QED) is 0.780. The van der Waals surface area contributed by atoms with E-state index < -0.39 is 11.5 Å². The molecule has 0 unspecified atom stereocenters. The van der Waals surface area contributed by atoms with E-state index in [9.17, 15) is 9.59 Å². The van der Waals surface area contributed by atoms with Crippen LogP contribution in [0.25, 0.3) is 0 Å². The summed E-state index contributed by atoms with van der Waals surface area (Å²) in [6, 6.07) is 1.90. The fraction of sp³-hybridized carbons (Fsp3) is 0.579. The number of Topliss-reactive ketones (excluding diaryl/α,β-unsaturated/α-hetero) is 2. The Labute approximate surface area is 141 Å². The molecule has 2 fully saturated rings. The lowest BCUT2D eigenvalue weighted by Crippen LogP contribution is -2.56. The molecule has 1 aromatic rings. The third-order valence-electron chi connectivity index (χ3n) is 6.10. The standard InChI is InChI=1S/C19H22O5/c1-19-5-3-11-10-24-14(12-4-6-23-9-12)7-13(11)17(19)18(21)15(22-2)8-16(19)20/h3-4,6,9,13-15,17H,5,7-8,10H2,1-2H3/t13-,14-,15-,17-,19-/m0/s1. The van der Waals surface area contributed by atoms with E-state index in [1.54, 1.807) is 12.5 Å². The van der Waals surface area contributed by atoms with E-state index in [1.807, 2.05) is 13.0 Å². The Bertz CT molecular complexity index is 689. The number of fused-ring (bicyclic) bond motifs is 3. The highest BCUT2D eigenvalue weighted by Crippen LogP contribution is 2.53. The zero-order valence-electron chi connectivity index (χ0n) is 14.0. The van der Waals surface area contributed by atoms with Crippen molar-refractivity contribution in [1.82, 2.24) is 0 Å². The fourth-order valence-corrected chi connectivity index (χ4v) is 4.62. The largest absolute Gasteiger partial charge is 0.472 e. The summed E-state index contributed by atoms with van der Waals surface area (Å²) in [6.45, 7) is 2.45. The van der Waals surface area contributed by atoms with Gasteiger partial charge >= 0.3 is 0 Å². The van der Waals surface area contributed by atoms with Crippen LogP contribution in [-0.4, -0.2) is 31.4 Å². The van der Waals surface area contributed by atoms with E-state index in [0.29, 0.717) is 19.4 Å². The van der Waals surface area contributed by atoms with Gasteiger partial charge < -0.3 is 13.9 Å². The zero-order chi connectivity index (χ0) is 16.9. The molecule has 1 saturated heterocycles. The molecule has 3 aliphatic rings. The van der Waals surface area contributed by atoms with Crippen LogP contribution in [0.2, 0.25) is 0 Å². The first-order valence-electron chi connectivity index (χ1n) is 8.47. The molecule has 0 radical (unpaired) electrons. The number of ether oxygens (including phenoxy) is 2. The highest BCUT2D eigenvalue weighted by Gasteiger charge is 2.57. The number of carbonyl (C=O) groups excluding carboxylic acids is 2. The summed E-state index contributed by atoms with van der Waals surface area (Å²) in [6.07, 6.45) is 6.23. The first-order valence-corrected chi connectivity index (χ1v) is 8.47. The lowest BCUT2D eigenvalue weighted by Gasteiger charge is -2.50. The van der Waals surface area contributed by atoms with Crippen molar-refractivity contribution >= 4 is 11.6 Å². The number of rotatable bonds is 2. The highest BCUT2D eigenvalue weighted by atomic mass is 16.5. The van der Waals surface area contributed by atoms with Gasteiger partial charge in [-0.2, -0.15) is 0 Å². The SMILES string of the molecule is CO[C@H]1CC(=O)[C@]2(C)CC=C3CO[C@H](c4ccoc4)C[C@@H]3[C@H]2C1=O. The molecule has 5 nitrogen and oxygen atoms in total. The molecule has 0 aromatic carbocycles. The molecular weight excluding hydrogens is 308 g/mol. The molecule has 2 heterocycles.